The van der Waals surface area contributed by atoms with Gasteiger partial charge < -0.3 is 9.84 Å². The summed E-state index contributed by atoms with van der Waals surface area (Å²) < 4.78 is 7.43. The van der Waals surface area contributed by atoms with Crippen LogP contribution in [0.4, 0.5) is 0 Å². The van der Waals surface area contributed by atoms with Gasteiger partial charge in [-0.1, -0.05) is 35.5 Å². The van der Waals surface area contributed by atoms with Crippen LogP contribution in [0.15, 0.2) is 83.1 Å². The molecular weight excluding hydrogens is 486 g/mol. The van der Waals surface area contributed by atoms with Gasteiger partial charge in [-0.25, -0.2) is 5.43 Å². The Kier molecular flexibility index (Phi) is 8.02. The summed E-state index contributed by atoms with van der Waals surface area (Å²) in [6.07, 6.45) is 1.46. The maximum absolute atomic E-state index is 12.4. The monoisotopic (exact) mass is 507 g/mol. The van der Waals surface area contributed by atoms with E-state index in [1.54, 1.807) is 36.4 Å². The number of nitrogens with one attached hydrogen (secondary N) is 1. The van der Waals surface area contributed by atoms with E-state index in [1.165, 1.54) is 18.0 Å². The van der Waals surface area contributed by atoms with Crippen molar-refractivity contribution in [2.75, 3.05) is 12.4 Å². The number of carbonyl (C=O) groups excluding carboxylic acids is 1. The van der Waals surface area contributed by atoms with Gasteiger partial charge in [-0.3, -0.25) is 9.36 Å². The first-order valence-electron chi connectivity index (χ1n) is 10.7. The lowest BCUT2D eigenvalue weighted by Gasteiger charge is -2.11. The van der Waals surface area contributed by atoms with Crippen molar-refractivity contribution in [2.45, 2.75) is 12.1 Å². The maximum atomic E-state index is 12.4. The van der Waals surface area contributed by atoms with Crippen molar-refractivity contribution in [3.05, 3.63) is 83.4 Å². The number of phenols is 1. The molecule has 8 nitrogen and oxygen atoms in total. The summed E-state index contributed by atoms with van der Waals surface area (Å²) >= 11 is 7.29. The number of aromatic nitrogens is 3. The van der Waals surface area contributed by atoms with E-state index in [4.69, 9.17) is 16.3 Å². The van der Waals surface area contributed by atoms with Crippen LogP contribution in [0.3, 0.4) is 0 Å². The van der Waals surface area contributed by atoms with Crippen molar-refractivity contribution >= 4 is 35.5 Å². The summed E-state index contributed by atoms with van der Waals surface area (Å²) in [6.45, 7) is 2.51. The largest absolute Gasteiger partial charge is 0.508 e. The maximum Gasteiger partial charge on any atom is 0.250 e. The Bertz CT molecular complexity index is 1320. The van der Waals surface area contributed by atoms with Gasteiger partial charge in [0.15, 0.2) is 11.0 Å². The average molecular weight is 508 g/mol. The molecule has 0 radical (unpaired) electrons. The number of rotatable bonds is 9. The van der Waals surface area contributed by atoms with Crippen molar-refractivity contribution in [3.63, 3.8) is 0 Å². The first-order chi connectivity index (χ1) is 17.0. The lowest BCUT2D eigenvalue weighted by Crippen LogP contribution is -2.20. The van der Waals surface area contributed by atoms with E-state index in [9.17, 15) is 9.90 Å². The molecule has 3 aromatic carbocycles. The predicted octanol–water partition coefficient (Wildman–Crippen LogP) is 4.93. The smallest absolute Gasteiger partial charge is 0.250 e. The Morgan fingerprint density at radius 1 is 1.14 bits per heavy atom. The number of hydrogen-bond acceptors (Lipinski definition) is 7. The van der Waals surface area contributed by atoms with Crippen LogP contribution in [0.5, 0.6) is 11.5 Å². The van der Waals surface area contributed by atoms with E-state index >= 15 is 0 Å². The van der Waals surface area contributed by atoms with E-state index in [0.717, 1.165) is 17.0 Å². The number of thioether (sulfide) groups is 1. The summed E-state index contributed by atoms with van der Waals surface area (Å²) in [4.78, 5) is 12.4. The van der Waals surface area contributed by atoms with E-state index in [1.807, 2.05) is 47.9 Å². The standard InChI is InChI=1S/C25H22ClN5O3S/c1-2-34-22-12-10-20(11-13-22)31-24(18-6-8-19(26)9-7-18)29-30-25(31)35-16-23(33)28-27-15-17-4-3-5-21(32)14-17/h3-15,32H,2,16H2,1H3,(H,28,33)/b27-15-. The molecule has 2 N–H and O–H groups in total. The molecule has 0 saturated heterocycles. The van der Waals surface area contributed by atoms with Gasteiger partial charge in [0.1, 0.15) is 11.5 Å². The van der Waals surface area contributed by atoms with Crippen LogP contribution in [0, 0.1) is 0 Å². The molecule has 10 heteroatoms. The molecule has 178 valence electrons. The van der Waals surface area contributed by atoms with Gasteiger partial charge in [-0.2, -0.15) is 5.10 Å². The van der Waals surface area contributed by atoms with Gasteiger partial charge in [-0.15, -0.1) is 10.2 Å². The molecule has 4 aromatic rings. The third-order valence-electron chi connectivity index (χ3n) is 4.75. The lowest BCUT2D eigenvalue weighted by molar-refractivity contribution is -0.118. The minimum atomic E-state index is -0.305. The molecule has 1 amide bonds. The molecule has 0 bridgehead atoms. The average Bonchev–Trinajstić information content (AvgIpc) is 3.28. The van der Waals surface area contributed by atoms with Crippen molar-refractivity contribution in [2.24, 2.45) is 5.10 Å². The van der Waals surface area contributed by atoms with E-state index in [2.05, 4.69) is 20.7 Å². The fraction of sp³-hybridized carbons (Fsp3) is 0.120. The molecule has 35 heavy (non-hydrogen) atoms. The molecule has 0 spiro atoms. The van der Waals surface area contributed by atoms with E-state index in [0.29, 0.717) is 28.2 Å². The first kappa shape index (κ1) is 24.3. The molecule has 0 aliphatic heterocycles. The topological polar surface area (TPSA) is 102 Å². The second kappa shape index (κ2) is 11.5. The molecule has 0 unspecified atom stereocenters. The van der Waals surface area contributed by atoms with Gasteiger partial charge in [0.25, 0.3) is 5.91 Å². The number of aromatic hydroxyl groups is 1. The number of hydrazone groups is 1. The van der Waals surface area contributed by atoms with Gasteiger partial charge >= 0.3 is 0 Å². The zero-order valence-electron chi connectivity index (χ0n) is 18.8. The van der Waals surface area contributed by atoms with Crippen molar-refractivity contribution in [3.8, 4) is 28.6 Å². The van der Waals surface area contributed by atoms with Crippen LogP contribution >= 0.6 is 23.4 Å². The SMILES string of the molecule is CCOc1ccc(-n2c(SCC(=O)N/N=C\c3cccc(O)c3)nnc2-c2ccc(Cl)cc2)cc1. The van der Waals surface area contributed by atoms with Crippen molar-refractivity contribution in [1.82, 2.24) is 20.2 Å². The number of hydrogen-bond donors (Lipinski definition) is 2. The molecule has 0 fully saturated rings. The van der Waals surface area contributed by atoms with Crippen molar-refractivity contribution < 1.29 is 14.6 Å². The Hall–Kier alpha value is -3.82. The molecule has 1 heterocycles. The second-order valence-electron chi connectivity index (χ2n) is 7.25. The number of carbonyl (C=O) groups is 1. The van der Waals surface area contributed by atoms with Gasteiger partial charge in [0, 0.05) is 16.3 Å². The van der Waals surface area contributed by atoms with Gasteiger partial charge in [-0.05, 0) is 73.2 Å². The summed E-state index contributed by atoms with van der Waals surface area (Å²) in [5, 5.41) is 23.3. The van der Waals surface area contributed by atoms with Crippen LogP contribution < -0.4 is 10.2 Å². The van der Waals surface area contributed by atoms with Crippen LogP contribution in [-0.2, 0) is 4.79 Å². The summed E-state index contributed by atoms with van der Waals surface area (Å²) in [5.41, 5.74) is 4.82. The van der Waals surface area contributed by atoms with Crippen LogP contribution in [-0.4, -0.2) is 44.4 Å². The number of benzene rings is 3. The minimum absolute atomic E-state index is 0.0765. The highest BCUT2D eigenvalue weighted by atomic mass is 35.5. The van der Waals surface area contributed by atoms with Crippen molar-refractivity contribution in [1.29, 1.82) is 0 Å². The molecular formula is C25H22ClN5O3S. The number of nitrogens with zero attached hydrogens (tertiary/aromatic N) is 4. The Morgan fingerprint density at radius 3 is 2.63 bits per heavy atom. The molecule has 4 rings (SSSR count). The third-order valence-corrected chi connectivity index (χ3v) is 5.93. The first-order valence-corrected chi connectivity index (χ1v) is 12.1. The fourth-order valence-corrected chi connectivity index (χ4v) is 4.06. The predicted molar refractivity (Wildman–Crippen MR) is 138 cm³/mol. The second-order valence-corrected chi connectivity index (χ2v) is 8.63. The Labute approximate surface area is 211 Å². The number of ether oxygens (including phenoxy) is 1. The zero-order chi connectivity index (χ0) is 24.6. The summed E-state index contributed by atoms with van der Waals surface area (Å²) in [7, 11) is 0. The Balaban J connectivity index is 1.52. The number of amides is 1. The normalized spacial score (nSPS) is 11.0. The van der Waals surface area contributed by atoms with E-state index in [-0.39, 0.29) is 17.4 Å². The molecule has 0 aliphatic carbocycles. The van der Waals surface area contributed by atoms with Crippen LogP contribution in [0.1, 0.15) is 12.5 Å². The molecule has 1 aromatic heterocycles. The quantitative estimate of drug-likeness (QED) is 0.189. The summed E-state index contributed by atoms with van der Waals surface area (Å²) in [6, 6.07) is 21.5. The highest BCUT2D eigenvalue weighted by molar-refractivity contribution is 7.99. The van der Waals surface area contributed by atoms with E-state index < -0.39 is 0 Å². The van der Waals surface area contributed by atoms with Gasteiger partial charge in [0.2, 0.25) is 0 Å². The lowest BCUT2D eigenvalue weighted by atomic mass is 10.2. The number of halogens is 1. The molecule has 0 saturated carbocycles. The molecule has 0 atom stereocenters. The van der Waals surface area contributed by atoms with Crippen LogP contribution in [0.2, 0.25) is 5.02 Å². The van der Waals surface area contributed by atoms with Gasteiger partial charge in [0.05, 0.1) is 18.6 Å². The Morgan fingerprint density at radius 2 is 1.91 bits per heavy atom. The summed E-state index contributed by atoms with van der Waals surface area (Å²) in [5.74, 6) is 1.28. The zero-order valence-corrected chi connectivity index (χ0v) is 20.3. The third kappa shape index (κ3) is 6.40. The van der Waals surface area contributed by atoms with Crippen LogP contribution in [0.25, 0.3) is 17.1 Å². The number of phenolic OH excluding ortho intramolecular Hbond substituents is 1. The molecule has 0 aliphatic rings. The highest BCUT2D eigenvalue weighted by Gasteiger charge is 2.17. The highest BCUT2D eigenvalue weighted by Crippen LogP contribution is 2.29. The minimum Gasteiger partial charge on any atom is -0.508 e. The fourth-order valence-electron chi connectivity index (χ4n) is 3.19.